The molecule has 2 nitrogen and oxygen atoms in total. The van der Waals surface area contributed by atoms with Crippen LogP contribution in [0, 0.1) is 5.92 Å². The van der Waals surface area contributed by atoms with Crippen LogP contribution in [0.25, 0.3) is 0 Å². The van der Waals surface area contributed by atoms with Crippen LogP contribution < -0.4 is 5.32 Å². The van der Waals surface area contributed by atoms with Crippen molar-refractivity contribution in [3.8, 4) is 0 Å². The van der Waals surface area contributed by atoms with Gasteiger partial charge in [0, 0.05) is 13.1 Å². The number of aliphatic hydroxyl groups is 1. The number of nitrogens with one attached hydrogen (secondary N) is 1. The van der Waals surface area contributed by atoms with Crippen molar-refractivity contribution < 1.29 is 5.11 Å². The molecule has 1 aliphatic rings. The topological polar surface area (TPSA) is 32.3 Å². The highest BCUT2D eigenvalue weighted by molar-refractivity contribution is 5.20. The Morgan fingerprint density at radius 1 is 1.16 bits per heavy atom. The third-order valence-corrected chi connectivity index (χ3v) is 4.39. The highest BCUT2D eigenvalue weighted by atomic mass is 16.3. The van der Waals surface area contributed by atoms with E-state index >= 15 is 0 Å². The second kappa shape index (κ2) is 6.53. The molecule has 0 aromatic heterocycles. The maximum atomic E-state index is 10.4. The van der Waals surface area contributed by atoms with Gasteiger partial charge >= 0.3 is 0 Å². The van der Waals surface area contributed by atoms with Crippen LogP contribution >= 0.6 is 0 Å². The van der Waals surface area contributed by atoms with Gasteiger partial charge in [0.25, 0.3) is 0 Å². The summed E-state index contributed by atoms with van der Waals surface area (Å²) in [6, 6.07) is 10.7. The molecule has 0 spiro atoms. The van der Waals surface area contributed by atoms with Gasteiger partial charge in [-0.3, -0.25) is 0 Å². The first kappa shape index (κ1) is 14.5. The fraction of sp³-hybridized carbons (Fsp3) is 0.647. The van der Waals surface area contributed by atoms with Crippen LogP contribution in [-0.4, -0.2) is 23.8 Å². The quantitative estimate of drug-likeness (QED) is 0.823. The van der Waals surface area contributed by atoms with Crippen LogP contribution in [0.15, 0.2) is 30.3 Å². The SMILES string of the molecule is CC(C)C(CNCC1(O)CCCC1)c1ccccc1. The molecular formula is C17H27NO. The molecule has 0 aliphatic heterocycles. The molecule has 0 heterocycles. The zero-order valence-electron chi connectivity index (χ0n) is 12.2. The lowest BCUT2D eigenvalue weighted by Gasteiger charge is -2.26. The monoisotopic (exact) mass is 261 g/mol. The van der Waals surface area contributed by atoms with Crippen LogP contribution in [0.3, 0.4) is 0 Å². The molecule has 1 aromatic rings. The van der Waals surface area contributed by atoms with E-state index in [0.717, 1.165) is 25.9 Å². The second-order valence-corrected chi connectivity index (χ2v) is 6.32. The molecule has 0 saturated heterocycles. The van der Waals surface area contributed by atoms with Crippen molar-refractivity contribution >= 4 is 0 Å². The van der Waals surface area contributed by atoms with E-state index < -0.39 is 5.60 Å². The van der Waals surface area contributed by atoms with Crippen molar-refractivity contribution in [3.05, 3.63) is 35.9 Å². The lowest BCUT2D eigenvalue weighted by molar-refractivity contribution is 0.0472. The first-order chi connectivity index (χ1) is 9.11. The molecule has 1 aromatic carbocycles. The number of rotatable bonds is 6. The van der Waals surface area contributed by atoms with Gasteiger partial charge in [-0.05, 0) is 30.2 Å². The van der Waals surface area contributed by atoms with Crippen LogP contribution in [0.2, 0.25) is 0 Å². The maximum absolute atomic E-state index is 10.4. The third kappa shape index (κ3) is 4.05. The van der Waals surface area contributed by atoms with Crippen molar-refractivity contribution in [1.29, 1.82) is 0 Å². The van der Waals surface area contributed by atoms with Crippen molar-refractivity contribution in [2.24, 2.45) is 5.92 Å². The molecule has 2 N–H and O–H groups in total. The molecule has 0 radical (unpaired) electrons. The Morgan fingerprint density at radius 2 is 1.79 bits per heavy atom. The fourth-order valence-electron chi connectivity index (χ4n) is 3.11. The molecule has 1 aliphatic carbocycles. The Labute approximate surface area is 117 Å². The average molecular weight is 261 g/mol. The minimum Gasteiger partial charge on any atom is -0.389 e. The summed E-state index contributed by atoms with van der Waals surface area (Å²) in [6.07, 6.45) is 4.25. The van der Waals surface area contributed by atoms with E-state index in [1.165, 1.54) is 18.4 Å². The lowest BCUT2D eigenvalue weighted by atomic mass is 9.88. The Balaban J connectivity index is 1.88. The Hall–Kier alpha value is -0.860. The van der Waals surface area contributed by atoms with Gasteiger partial charge in [0.05, 0.1) is 5.60 Å². The zero-order valence-corrected chi connectivity index (χ0v) is 12.2. The van der Waals surface area contributed by atoms with E-state index in [0.29, 0.717) is 11.8 Å². The summed E-state index contributed by atoms with van der Waals surface area (Å²) in [7, 11) is 0. The van der Waals surface area contributed by atoms with E-state index in [4.69, 9.17) is 0 Å². The number of hydrogen-bond acceptors (Lipinski definition) is 2. The van der Waals surface area contributed by atoms with Crippen LogP contribution in [0.1, 0.15) is 51.0 Å². The van der Waals surface area contributed by atoms with Crippen molar-refractivity contribution in [1.82, 2.24) is 5.32 Å². The lowest BCUT2D eigenvalue weighted by Crippen LogP contribution is -2.40. The molecule has 0 bridgehead atoms. The molecule has 2 rings (SSSR count). The van der Waals surface area contributed by atoms with Gasteiger partial charge in [0.15, 0.2) is 0 Å². The summed E-state index contributed by atoms with van der Waals surface area (Å²) >= 11 is 0. The van der Waals surface area contributed by atoms with Crippen molar-refractivity contribution in [3.63, 3.8) is 0 Å². The van der Waals surface area contributed by atoms with Gasteiger partial charge in [-0.1, -0.05) is 57.0 Å². The maximum Gasteiger partial charge on any atom is 0.0771 e. The van der Waals surface area contributed by atoms with E-state index in [9.17, 15) is 5.11 Å². The van der Waals surface area contributed by atoms with Crippen molar-refractivity contribution in [2.45, 2.75) is 51.0 Å². The normalized spacial score (nSPS) is 19.8. The van der Waals surface area contributed by atoms with Gasteiger partial charge in [0.2, 0.25) is 0 Å². The number of hydrogen-bond donors (Lipinski definition) is 2. The Morgan fingerprint density at radius 3 is 2.37 bits per heavy atom. The molecule has 1 fully saturated rings. The van der Waals surface area contributed by atoms with E-state index in [2.05, 4.69) is 49.5 Å². The smallest absolute Gasteiger partial charge is 0.0771 e. The van der Waals surface area contributed by atoms with E-state index in [1.54, 1.807) is 0 Å². The third-order valence-electron chi connectivity index (χ3n) is 4.39. The summed E-state index contributed by atoms with van der Waals surface area (Å²) < 4.78 is 0. The Kier molecular flexibility index (Phi) is 5.00. The van der Waals surface area contributed by atoms with Gasteiger partial charge in [0.1, 0.15) is 0 Å². The highest BCUT2D eigenvalue weighted by Crippen LogP contribution is 2.29. The molecule has 2 heteroatoms. The minimum atomic E-state index is -0.446. The summed E-state index contributed by atoms with van der Waals surface area (Å²) in [5.74, 6) is 1.12. The molecule has 1 atom stereocenters. The highest BCUT2D eigenvalue weighted by Gasteiger charge is 2.30. The fourth-order valence-corrected chi connectivity index (χ4v) is 3.11. The van der Waals surface area contributed by atoms with Gasteiger partial charge < -0.3 is 10.4 Å². The summed E-state index contributed by atoms with van der Waals surface area (Å²) in [5.41, 5.74) is 0.946. The van der Waals surface area contributed by atoms with Crippen LogP contribution in [-0.2, 0) is 0 Å². The van der Waals surface area contributed by atoms with Gasteiger partial charge in [-0.25, -0.2) is 0 Å². The summed E-state index contributed by atoms with van der Waals surface area (Å²) in [6.45, 7) is 6.22. The zero-order chi connectivity index (χ0) is 13.7. The molecule has 0 amide bonds. The first-order valence-electron chi connectivity index (χ1n) is 7.59. The minimum absolute atomic E-state index is 0.446. The first-order valence-corrected chi connectivity index (χ1v) is 7.59. The van der Waals surface area contributed by atoms with E-state index in [-0.39, 0.29) is 0 Å². The van der Waals surface area contributed by atoms with Crippen LogP contribution in [0.5, 0.6) is 0 Å². The predicted molar refractivity (Wildman–Crippen MR) is 80.3 cm³/mol. The molecule has 106 valence electrons. The largest absolute Gasteiger partial charge is 0.389 e. The Bertz CT molecular complexity index is 368. The molecule has 19 heavy (non-hydrogen) atoms. The molecular weight excluding hydrogens is 234 g/mol. The standard InChI is InChI=1S/C17H27NO/c1-14(2)16(15-8-4-3-5-9-15)12-18-13-17(19)10-6-7-11-17/h3-5,8-9,14,16,18-19H,6-7,10-13H2,1-2H3. The molecule has 1 saturated carbocycles. The van der Waals surface area contributed by atoms with E-state index in [1.807, 2.05) is 0 Å². The van der Waals surface area contributed by atoms with Crippen LogP contribution in [0.4, 0.5) is 0 Å². The summed E-state index contributed by atoms with van der Waals surface area (Å²) in [4.78, 5) is 0. The second-order valence-electron chi connectivity index (χ2n) is 6.32. The number of benzene rings is 1. The summed E-state index contributed by atoms with van der Waals surface area (Å²) in [5, 5.41) is 13.8. The van der Waals surface area contributed by atoms with Gasteiger partial charge in [-0.2, -0.15) is 0 Å². The van der Waals surface area contributed by atoms with Crippen molar-refractivity contribution in [2.75, 3.05) is 13.1 Å². The average Bonchev–Trinajstić information content (AvgIpc) is 2.82. The van der Waals surface area contributed by atoms with Gasteiger partial charge in [-0.15, -0.1) is 0 Å². The molecule has 1 unspecified atom stereocenters. The predicted octanol–water partition coefficient (Wildman–Crippen LogP) is 3.32.